The molecule has 0 fully saturated rings. The molecule has 0 aliphatic rings. The first-order chi connectivity index (χ1) is 15.8. The molecule has 0 spiro atoms. The van der Waals surface area contributed by atoms with Crippen LogP contribution in [0.1, 0.15) is 30.6 Å². The Kier molecular flexibility index (Phi) is 8.35. The second-order valence-corrected chi connectivity index (χ2v) is 10.5. The number of nitrogens with one attached hydrogen (secondary N) is 2. The molecule has 1 amide bonds. The lowest BCUT2D eigenvalue weighted by atomic mass is 10.1. The van der Waals surface area contributed by atoms with Crippen LogP contribution in [-0.2, 0) is 10.0 Å². The fourth-order valence-corrected chi connectivity index (χ4v) is 4.69. The topological polar surface area (TPSA) is 97.4 Å². The maximum absolute atomic E-state index is 12.6. The van der Waals surface area contributed by atoms with Crippen molar-refractivity contribution in [3.05, 3.63) is 72.4 Å². The Labute approximate surface area is 199 Å². The minimum absolute atomic E-state index is 0.123. The average Bonchev–Trinajstić information content (AvgIpc) is 2.80. The van der Waals surface area contributed by atoms with Gasteiger partial charge in [0.2, 0.25) is 0 Å². The number of hydrogen-bond acceptors (Lipinski definition) is 6. The third kappa shape index (κ3) is 7.23. The Balaban J connectivity index is 1.59. The summed E-state index contributed by atoms with van der Waals surface area (Å²) in [6.45, 7) is 4.87. The van der Waals surface area contributed by atoms with Crippen LogP contribution in [0.3, 0.4) is 0 Å². The predicted octanol–water partition coefficient (Wildman–Crippen LogP) is 4.82. The molecule has 33 heavy (non-hydrogen) atoms. The number of nitrogens with zero attached hydrogens (tertiary/aromatic N) is 1. The van der Waals surface area contributed by atoms with Crippen LogP contribution in [0.15, 0.2) is 81.7 Å². The molecule has 174 valence electrons. The third-order valence-electron chi connectivity index (χ3n) is 4.69. The van der Waals surface area contributed by atoms with Gasteiger partial charge in [-0.25, -0.2) is 13.4 Å². The van der Waals surface area contributed by atoms with Gasteiger partial charge in [0, 0.05) is 29.4 Å². The Morgan fingerprint density at radius 3 is 2.48 bits per heavy atom. The Morgan fingerprint density at radius 1 is 1.09 bits per heavy atom. The Bertz CT molecular complexity index is 1180. The third-order valence-corrected chi connectivity index (χ3v) is 7.02. The maximum atomic E-state index is 12.6. The molecule has 9 heteroatoms. The van der Waals surface area contributed by atoms with Crippen LogP contribution in [0.25, 0.3) is 0 Å². The molecule has 7 nitrogen and oxygen atoms in total. The number of ether oxygens (including phenoxy) is 1. The van der Waals surface area contributed by atoms with Crippen molar-refractivity contribution in [3.63, 3.8) is 0 Å². The predicted molar refractivity (Wildman–Crippen MR) is 130 cm³/mol. The number of anilines is 1. The van der Waals surface area contributed by atoms with Crippen LogP contribution < -0.4 is 14.8 Å². The zero-order valence-electron chi connectivity index (χ0n) is 18.7. The van der Waals surface area contributed by atoms with Crippen molar-refractivity contribution in [1.82, 2.24) is 10.3 Å². The number of pyridine rings is 1. The van der Waals surface area contributed by atoms with Gasteiger partial charge in [0.1, 0.15) is 10.8 Å². The molecule has 1 aromatic heterocycles. The number of benzene rings is 2. The van der Waals surface area contributed by atoms with Gasteiger partial charge < -0.3 is 10.1 Å². The van der Waals surface area contributed by atoms with E-state index in [1.54, 1.807) is 42.6 Å². The minimum Gasteiger partial charge on any atom is -0.497 e. The monoisotopic (exact) mass is 485 g/mol. The van der Waals surface area contributed by atoms with E-state index in [0.29, 0.717) is 29.5 Å². The van der Waals surface area contributed by atoms with E-state index in [1.807, 2.05) is 12.1 Å². The van der Waals surface area contributed by atoms with Crippen molar-refractivity contribution >= 4 is 33.4 Å². The second-order valence-electron chi connectivity index (χ2n) is 7.73. The Morgan fingerprint density at radius 2 is 1.85 bits per heavy atom. The molecule has 2 aromatic carbocycles. The van der Waals surface area contributed by atoms with Gasteiger partial charge in [0.15, 0.2) is 0 Å². The first kappa shape index (κ1) is 24.6. The van der Waals surface area contributed by atoms with Crippen molar-refractivity contribution in [2.75, 3.05) is 18.4 Å². The quantitative estimate of drug-likeness (QED) is 0.427. The summed E-state index contributed by atoms with van der Waals surface area (Å²) in [5.74, 6) is 0.870. The zero-order chi connectivity index (χ0) is 23.8. The molecular weight excluding hydrogens is 458 g/mol. The van der Waals surface area contributed by atoms with Crippen LogP contribution in [0, 0.1) is 5.92 Å². The van der Waals surface area contributed by atoms with Crippen LogP contribution >= 0.6 is 11.8 Å². The molecule has 0 saturated carbocycles. The number of carbonyl (C=O) groups is 1. The van der Waals surface area contributed by atoms with Gasteiger partial charge in [-0.15, -0.1) is 0 Å². The van der Waals surface area contributed by atoms with Crippen molar-refractivity contribution in [2.24, 2.45) is 5.92 Å². The van der Waals surface area contributed by atoms with Gasteiger partial charge in [-0.2, -0.15) is 0 Å². The van der Waals surface area contributed by atoms with Crippen LogP contribution in [0.4, 0.5) is 5.69 Å². The summed E-state index contributed by atoms with van der Waals surface area (Å²) < 4.78 is 32.9. The smallest absolute Gasteiger partial charge is 0.262 e. The highest BCUT2D eigenvalue weighted by Crippen LogP contribution is 2.28. The SMILES string of the molecule is COc1cccc(S(=O)(=O)Nc2ccc(Sc3ccc(C(=O)NCCC(C)C)cn3)cc2)c1. The molecule has 3 rings (SSSR count). The van der Waals surface area contributed by atoms with E-state index in [1.165, 1.54) is 31.0 Å². The number of sulfonamides is 1. The lowest BCUT2D eigenvalue weighted by molar-refractivity contribution is 0.0951. The molecular formula is C24H27N3O4S2. The number of amides is 1. The van der Waals surface area contributed by atoms with E-state index in [0.717, 1.165) is 16.3 Å². The van der Waals surface area contributed by atoms with Crippen molar-refractivity contribution in [3.8, 4) is 5.75 Å². The summed E-state index contributed by atoms with van der Waals surface area (Å²) in [4.78, 5) is 17.5. The van der Waals surface area contributed by atoms with E-state index in [-0.39, 0.29) is 10.8 Å². The van der Waals surface area contributed by atoms with Gasteiger partial charge in [-0.1, -0.05) is 31.7 Å². The molecule has 1 heterocycles. The maximum Gasteiger partial charge on any atom is 0.262 e. The molecule has 2 N–H and O–H groups in total. The highest BCUT2D eigenvalue weighted by atomic mass is 32.2. The summed E-state index contributed by atoms with van der Waals surface area (Å²) in [5.41, 5.74) is 0.967. The van der Waals surface area contributed by atoms with Gasteiger partial charge >= 0.3 is 0 Å². The number of aromatic nitrogens is 1. The van der Waals surface area contributed by atoms with Crippen molar-refractivity contribution in [2.45, 2.75) is 35.1 Å². The first-order valence-electron chi connectivity index (χ1n) is 10.5. The average molecular weight is 486 g/mol. The van der Waals surface area contributed by atoms with Crippen molar-refractivity contribution < 1.29 is 17.9 Å². The summed E-state index contributed by atoms with van der Waals surface area (Å²) in [6, 6.07) is 16.8. The molecule has 0 aliphatic heterocycles. The lowest BCUT2D eigenvalue weighted by Gasteiger charge is -2.10. The highest BCUT2D eigenvalue weighted by Gasteiger charge is 2.15. The van der Waals surface area contributed by atoms with Gasteiger partial charge in [-0.05, 0) is 60.9 Å². The second kappa shape index (κ2) is 11.2. The van der Waals surface area contributed by atoms with Gasteiger partial charge in [0.05, 0.1) is 17.6 Å². The van der Waals surface area contributed by atoms with E-state index in [4.69, 9.17) is 4.74 Å². The molecule has 0 saturated heterocycles. The fourth-order valence-electron chi connectivity index (χ4n) is 2.85. The number of carbonyl (C=O) groups excluding carboxylic acids is 1. The summed E-state index contributed by atoms with van der Waals surface area (Å²) >= 11 is 1.42. The standard InChI is InChI=1S/C24H27N3O4S2/c1-17(2)13-14-25-24(28)18-7-12-23(26-16-18)32-21-10-8-19(9-11-21)27-33(29,30)22-6-4-5-20(15-22)31-3/h4-12,15-17,27H,13-14H2,1-3H3,(H,25,28). The summed E-state index contributed by atoms with van der Waals surface area (Å²) in [6.07, 6.45) is 2.49. The lowest BCUT2D eigenvalue weighted by Crippen LogP contribution is -2.25. The molecule has 0 unspecified atom stereocenters. The molecule has 3 aromatic rings. The number of rotatable bonds is 10. The Hall–Kier alpha value is -3.04. The molecule has 0 aliphatic carbocycles. The highest BCUT2D eigenvalue weighted by molar-refractivity contribution is 7.99. The summed E-state index contributed by atoms with van der Waals surface area (Å²) in [5, 5.41) is 3.63. The van der Waals surface area contributed by atoms with E-state index in [9.17, 15) is 13.2 Å². The van der Waals surface area contributed by atoms with E-state index >= 15 is 0 Å². The number of methoxy groups -OCH3 is 1. The van der Waals surface area contributed by atoms with E-state index < -0.39 is 10.0 Å². The molecule has 0 radical (unpaired) electrons. The fraction of sp³-hybridized carbons (Fsp3) is 0.250. The molecule has 0 bridgehead atoms. The number of hydrogen-bond donors (Lipinski definition) is 2. The van der Waals surface area contributed by atoms with Gasteiger partial charge in [-0.3, -0.25) is 9.52 Å². The van der Waals surface area contributed by atoms with Crippen LogP contribution in [-0.4, -0.2) is 33.0 Å². The van der Waals surface area contributed by atoms with Crippen LogP contribution in [0.2, 0.25) is 0 Å². The normalized spacial score (nSPS) is 11.3. The molecule has 0 atom stereocenters. The van der Waals surface area contributed by atoms with E-state index in [2.05, 4.69) is 28.9 Å². The van der Waals surface area contributed by atoms with Crippen molar-refractivity contribution in [1.29, 1.82) is 0 Å². The van der Waals surface area contributed by atoms with Crippen LogP contribution in [0.5, 0.6) is 5.75 Å². The minimum atomic E-state index is -3.73. The zero-order valence-corrected chi connectivity index (χ0v) is 20.4. The van der Waals surface area contributed by atoms with Gasteiger partial charge in [0.25, 0.3) is 15.9 Å². The largest absolute Gasteiger partial charge is 0.497 e. The summed E-state index contributed by atoms with van der Waals surface area (Å²) in [7, 11) is -2.24. The first-order valence-corrected chi connectivity index (χ1v) is 12.8.